The minimum absolute atomic E-state index is 0.155. The lowest BCUT2D eigenvalue weighted by atomic mass is 10.3. The van der Waals surface area contributed by atoms with Gasteiger partial charge in [0, 0.05) is 25.8 Å². The maximum Gasteiger partial charge on any atom is 0.277 e. The number of hydrogen-bond acceptors (Lipinski definition) is 5. The number of rotatable bonds is 4. The molecule has 7 nitrogen and oxygen atoms in total. The number of benzene rings is 1. The Bertz CT molecular complexity index is 748. The van der Waals surface area contributed by atoms with Crippen LogP contribution in [0.25, 0.3) is 0 Å². The van der Waals surface area contributed by atoms with Crippen molar-refractivity contribution < 1.29 is 17.7 Å². The van der Waals surface area contributed by atoms with Crippen molar-refractivity contribution in [1.82, 2.24) is 9.46 Å². The Kier molecular flexibility index (Phi) is 4.10. The Hall–Kier alpha value is -2.19. The summed E-state index contributed by atoms with van der Waals surface area (Å²) in [6.45, 7) is 1.69. The van der Waals surface area contributed by atoms with E-state index in [4.69, 9.17) is 4.52 Å². The second kappa shape index (κ2) is 5.66. The fraction of sp³-hybridized carbons (Fsp3) is 0.231. The first-order valence-corrected chi connectivity index (χ1v) is 7.52. The highest BCUT2D eigenvalue weighted by Gasteiger charge is 2.17. The fourth-order valence-electron chi connectivity index (χ4n) is 1.59. The van der Waals surface area contributed by atoms with E-state index in [-0.39, 0.29) is 10.6 Å². The van der Waals surface area contributed by atoms with Crippen molar-refractivity contribution in [2.45, 2.75) is 11.8 Å². The van der Waals surface area contributed by atoms with Gasteiger partial charge in [-0.15, -0.1) is 0 Å². The van der Waals surface area contributed by atoms with Gasteiger partial charge in [0.05, 0.1) is 4.90 Å². The van der Waals surface area contributed by atoms with E-state index in [9.17, 15) is 13.2 Å². The second-order valence-electron chi connectivity index (χ2n) is 4.59. The molecule has 1 N–H and O–H groups in total. The van der Waals surface area contributed by atoms with E-state index < -0.39 is 15.9 Å². The molecule has 8 heteroatoms. The monoisotopic (exact) mass is 309 g/mol. The summed E-state index contributed by atoms with van der Waals surface area (Å²) in [6, 6.07) is 7.40. The number of amides is 1. The van der Waals surface area contributed by atoms with E-state index in [1.807, 2.05) is 0 Å². The van der Waals surface area contributed by atoms with E-state index in [1.54, 1.807) is 6.92 Å². The third-order valence-corrected chi connectivity index (χ3v) is 4.58. The number of aryl methyl sites for hydroxylation is 1. The van der Waals surface area contributed by atoms with E-state index in [0.29, 0.717) is 11.4 Å². The lowest BCUT2D eigenvalue weighted by molar-refractivity contribution is 0.101. The third kappa shape index (κ3) is 3.29. The smallest absolute Gasteiger partial charge is 0.277 e. The highest BCUT2D eigenvalue weighted by molar-refractivity contribution is 7.89. The van der Waals surface area contributed by atoms with Crippen LogP contribution in [0.2, 0.25) is 0 Å². The van der Waals surface area contributed by atoms with Crippen LogP contribution >= 0.6 is 0 Å². The Balaban J connectivity index is 2.15. The van der Waals surface area contributed by atoms with Gasteiger partial charge in [-0.1, -0.05) is 5.16 Å². The van der Waals surface area contributed by atoms with Crippen LogP contribution < -0.4 is 5.32 Å². The number of carbonyl (C=O) groups excluding carboxylic acids is 1. The Morgan fingerprint density at radius 1 is 1.24 bits per heavy atom. The molecule has 0 bridgehead atoms. The summed E-state index contributed by atoms with van der Waals surface area (Å²) in [5.74, 6) is 0.114. The molecule has 0 unspecified atom stereocenters. The second-order valence-corrected chi connectivity index (χ2v) is 6.74. The van der Waals surface area contributed by atoms with Gasteiger partial charge in [0.1, 0.15) is 5.76 Å². The Morgan fingerprint density at radius 2 is 1.86 bits per heavy atom. The van der Waals surface area contributed by atoms with E-state index in [1.165, 1.54) is 44.4 Å². The van der Waals surface area contributed by atoms with Crippen molar-refractivity contribution in [3.63, 3.8) is 0 Å². The molecule has 0 spiro atoms. The number of nitrogens with one attached hydrogen (secondary N) is 1. The summed E-state index contributed by atoms with van der Waals surface area (Å²) in [7, 11) is -0.565. The average Bonchev–Trinajstić information content (AvgIpc) is 2.86. The van der Waals surface area contributed by atoms with Crippen molar-refractivity contribution in [2.24, 2.45) is 0 Å². The molecular formula is C13H15N3O4S. The quantitative estimate of drug-likeness (QED) is 0.923. The summed E-state index contributed by atoms with van der Waals surface area (Å²) in [4.78, 5) is 12.0. The zero-order chi connectivity index (χ0) is 15.6. The van der Waals surface area contributed by atoms with Crippen molar-refractivity contribution in [3.05, 3.63) is 41.8 Å². The minimum Gasteiger partial charge on any atom is -0.361 e. The standard InChI is InChI=1S/C13H15N3O4S/c1-9-8-12(15-20-9)13(17)14-10-4-6-11(7-5-10)21(18,19)16(2)3/h4-8H,1-3H3,(H,14,17). The fourth-order valence-corrected chi connectivity index (χ4v) is 2.49. The maximum absolute atomic E-state index is 11.9. The van der Waals surface area contributed by atoms with Crippen molar-refractivity contribution in [3.8, 4) is 0 Å². The van der Waals surface area contributed by atoms with Crippen LogP contribution in [0.1, 0.15) is 16.2 Å². The number of aromatic nitrogens is 1. The molecule has 0 aliphatic heterocycles. The lowest BCUT2D eigenvalue weighted by Gasteiger charge is -2.11. The molecule has 1 aromatic carbocycles. The molecule has 2 rings (SSSR count). The normalized spacial score (nSPS) is 11.6. The van der Waals surface area contributed by atoms with Gasteiger partial charge in [0.25, 0.3) is 5.91 Å². The lowest BCUT2D eigenvalue weighted by Crippen LogP contribution is -2.22. The highest BCUT2D eigenvalue weighted by atomic mass is 32.2. The first kappa shape index (κ1) is 15.2. The van der Waals surface area contributed by atoms with Gasteiger partial charge in [-0.25, -0.2) is 12.7 Å². The van der Waals surface area contributed by atoms with E-state index in [0.717, 1.165) is 4.31 Å². The predicted molar refractivity (Wildman–Crippen MR) is 76.5 cm³/mol. The molecule has 0 aliphatic rings. The third-order valence-electron chi connectivity index (χ3n) is 2.75. The number of carbonyl (C=O) groups is 1. The number of nitrogens with zero attached hydrogens (tertiary/aromatic N) is 2. The van der Waals surface area contributed by atoms with Crippen LogP contribution in [0.15, 0.2) is 39.8 Å². The molecule has 0 saturated heterocycles. The first-order chi connectivity index (χ1) is 9.80. The SMILES string of the molecule is Cc1cc(C(=O)Nc2ccc(S(=O)(=O)N(C)C)cc2)no1. The van der Waals surface area contributed by atoms with Gasteiger partial charge in [0.15, 0.2) is 5.69 Å². The van der Waals surface area contributed by atoms with Gasteiger partial charge >= 0.3 is 0 Å². The van der Waals surface area contributed by atoms with E-state index >= 15 is 0 Å². The number of anilines is 1. The van der Waals surface area contributed by atoms with Crippen molar-refractivity contribution >= 4 is 21.6 Å². The van der Waals surface area contributed by atoms with Crippen LogP contribution in [0.3, 0.4) is 0 Å². The molecule has 0 fully saturated rings. The molecule has 0 saturated carbocycles. The minimum atomic E-state index is -3.48. The molecule has 2 aromatic rings. The van der Waals surface area contributed by atoms with Gasteiger partial charge in [-0.2, -0.15) is 0 Å². The van der Waals surface area contributed by atoms with Crippen LogP contribution in [0, 0.1) is 6.92 Å². The Labute approximate surface area is 122 Å². The van der Waals surface area contributed by atoms with Crippen LogP contribution in [-0.4, -0.2) is 37.9 Å². The van der Waals surface area contributed by atoms with Gasteiger partial charge < -0.3 is 9.84 Å². The van der Waals surface area contributed by atoms with Crippen molar-refractivity contribution in [2.75, 3.05) is 19.4 Å². The molecule has 0 aliphatic carbocycles. The van der Waals surface area contributed by atoms with Crippen LogP contribution in [0.4, 0.5) is 5.69 Å². The molecule has 1 aromatic heterocycles. The molecule has 112 valence electrons. The summed E-state index contributed by atoms with van der Waals surface area (Å²) >= 11 is 0. The van der Waals surface area contributed by atoms with Gasteiger partial charge in [-0.3, -0.25) is 4.79 Å². The van der Waals surface area contributed by atoms with Gasteiger partial charge in [0.2, 0.25) is 10.0 Å². The zero-order valence-electron chi connectivity index (χ0n) is 11.8. The molecular weight excluding hydrogens is 294 g/mol. The summed E-state index contributed by atoms with van der Waals surface area (Å²) < 4.78 is 29.8. The summed E-state index contributed by atoms with van der Waals surface area (Å²) in [5, 5.41) is 6.21. The summed E-state index contributed by atoms with van der Waals surface area (Å²) in [5.41, 5.74) is 0.635. The largest absolute Gasteiger partial charge is 0.361 e. The molecule has 0 radical (unpaired) electrons. The Morgan fingerprint density at radius 3 is 2.33 bits per heavy atom. The first-order valence-electron chi connectivity index (χ1n) is 6.08. The molecule has 21 heavy (non-hydrogen) atoms. The topological polar surface area (TPSA) is 92.5 Å². The van der Waals surface area contributed by atoms with Crippen LogP contribution in [0.5, 0.6) is 0 Å². The summed E-state index contributed by atoms with van der Waals surface area (Å²) in [6.07, 6.45) is 0. The zero-order valence-corrected chi connectivity index (χ0v) is 12.6. The predicted octanol–water partition coefficient (Wildman–Crippen LogP) is 1.49. The highest BCUT2D eigenvalue weighted by Crippen LogP contribution is 2.17. The number of hydrogen-bond donors (Lipinski definition) is 1. The van der Waals surface area contributed by atoms with Crippen molar-refractivity contribution in [1.29, 1.82) is 0 Å². The van der Waals surface area contributed by atoms with Gasteiger partial charge in [-0.05, 0) is 31.2 Å². The van der Waals surface area contributed by atoms with E-state index in [2.05, 4.69) is 10.5 Å². The maximum atomic E-state index is 11.9. The number of sulfonamides is 1. The molecule has 1 heterocycles. The van der Waals surface area contributed by atoms with Crippen LogP contribution in [-0.2, 0) is 10.0 Å². The molecule has 0 atom stereocenters. The average molecular weight is 309 g/mol. The molecule has 1 amide bonds.